The van der Waals surface area contributed by atoms with Crippen LogP contribution in [0.15, 0.2) is 0 Å². The van der Waals surface area contributed by atoms with Crippen LogP contribution in [-0.4, -0.2) is 29.4 Å². The zero-order valence-electron chi connectivity index (χ0n) is 10.2. The number of carbonyl (C=O) groups excluding carboxylic acids is 1. The molecule has 15 heavy (non-hydrogen) atoms. The number of hydrogen-bond acceptors (Lipinski definition) is 2. The average molecular weight is 212 g/mol. The van der Waals surface area contributed by atoms with Gasteiger partial charge in [0.15, 0.2) is 0 Å². The van der Waals surface area contributed by atoms with Gasteiger partial charge in [-0.3, -0.25) is 4.79 Å². The predicted octanol–water partition coefficient (Wildman–Crippen LogP) is 1.76. The Balaban J connectivity index is 2.69. The molecule has 1 aliphatic heterocycles. The van der Waals surface area contributed by atoms with Crippen LogP contribution in [0.5, 0.6) is 0 Å². The van der Waals surface area contributed by atoms with Crippen molar-refractivity contribution >= 4 is 5.91 Å². The molecule has 88 valence electrons. The van der Waals surface area contributed by atoms with Crippen molar-refractivity contribution in [2.45, 2.75) is 58.5 Å². The van der Waals surface area contributed by atoms with Gasteiger partial charge in [-0.2, -0.15) is 0 Å². The fourth-order valence-corrected chi connectivity index (χ4v) is 2.36. The van der Waals surface area contributed by atoms with Crippen LogP contribution in [0.1, 0.15) is 46.5 Å². The quantitative estimate of drug-likeness (QED) is 0.775. The number of rotatable bonds is 3. The lowest BCUT2D eigenvalue weighted by Crippen LogP contribution is -2.51. The van der Waals surface area contributed by atoms with Gasteiger partial charge in [0.2, 0.25) is 5.91 Å². The van der Waals surface area contributed by atoms with E-state index in [2.05, 4.69) is 13.8 Å². The predicted molar refractivity (Wildman–Crippen MR) is 62.5 cm³/mol. The van der Waals surface area contributed by atoms with Crippen LogP contribution in [-0.2, 0) is 4.79 Å². The molecule has 2 N–H and O–H groups in total. The maximum atomic E-state index is 11.9. The van der Waals surface area contributed by atoms with Crippen molar-refractivity contribution in [3.63, 3.8) is 0 Å². The minimum absolute atomic E-state index is 0.125. The van der Waals surface area contributed by atoms with Crippen molar-refractivity contribution in [2.24, 2.45) is 11.7 Å². The number of nitrogens with zero attached hydrogens (tertiary/aromatic N) is 1. The number of nitrogens with two attached hydrogens (primary N) is 1. The van der Waals surface area contributed by atoms with E-state index in [0.717, 1.165) is 25.8 Å². The molecule has 0 bridgehead atoms. The standard InChI is InChI=1S/C12H24N2O/c1-4-9(2)11-7-5-6-8-14(11)12(15)10(3)13/h9-11H,4-8,13H2,1-3H3/t9?,10-,11?/m0/s1. The van der Waals surface area contributed by atoms with Gasteiger partial charge >= 0.3 is 0 Å². The molecular formula is C12H24N2O. The number of piperidine rings is 1. The molecule has 2 unspecified atom stereocenters. The maximum Gasteiger partial charge on any atom is 0.239 e. The van der Waals surface area contributed by atoms with Crippen LogP contribution >= 0.6 is 0 Å². The van der Waals surface area contributed by atoms with Crippen LogP contribution in [0, 0.1) is 5.92 Å². The van der Waals surface area contributed by atoms with E-state index < -0.39 is 0 Å². The summed E-state index contributed by atoms with van der Waals surface area (Å²) in [4.78, 5) is 13.9. The summed E-state index contributed by atoms with van der Waals surface area (Å²) in [6, 6.07) is 0.0666. The lowest BCUT2D eigenvalue weighted by atomic mass is 9.89. The van der Waals surface area contributed by atoms with E-state index in [1.165, 1.54) is 6.42 Å². The summed E-state index contributed by atoms with van der Waals surface area (Å²) >= 11 is 0. The normalized spacial score (nSPS) is 26.1. The van der Waals surface area contributed by atoms with Gasteiger partial charge in [-0.25, -0.2) is 0 Å². The number of amides is 1. The lowest BCUT2D eigenvalue weighted by Gasteiger charge is -2.40. The third-order valence-corrected chi connectivity index (χ3v) is 3.52. The van der Waals surface area contributed by atoms with E-state index in [4.69, 9.17) is 5.73 Å². The minimum atomic E-state index is -0.352. The first-order chi connectivity index (χ1) is 7.07. The Morgan fingerprint density at radius 2 is 2.13 bits per heavy atom. The molecule has 0 aliphatic carbocycles. The summed E-state index contributed by atoms with van der Waals surface area (Å²) in [6.07, 6.45) is 4.66. The summed E-state index contributed by atoms with van der Waals surface area (Å²) < 4.78 is 0. The molecule has 0 aromatic carbocycles. The molecule has 0 radical (unpaired) electrons. The first kappa shape index (κ1) is 12.5. The van der Waals surface area contributed by atoms with E-state index in [1.807, 2.05) is 4.90 Å². The van der Waals surface area contributed by atoms with Gasteiger partial charge in [0.1, 0.15) is 0 Å². The molecule has 1 saturated heterocycles. The second-order valence-corrected chi connectivity index (χ2v) is 4.77. The fourth-order valence-electron chi connectivity index (χ4n) is 2.36. The smallest absolute Gasteiger partial charge is 0.239 e. The highest BCUT2D eigenvalue weighted by Gasteiger charge is 2.30. The third-order valence-electron chi connectivity index (χ3n) is 3.52. The third kappa shape index (κ3) is 2.94. The fraction of sp³-hybridized carbons (Fsp3) is 0.917. The van der Waals surface area contributed by atoms with Crippen molar-refractivity contribution in [3.05, 3.63) is 0 Å². The zero-order chi connectivity index (χ0) is 11.4. The molecule has 1 rings (SSSR count). The number of carbonyl (C=O) groups is 1. The summed E-state index contributed by atoms with van der Waals surface area (Å²) in [6.45, 7) is 7.10. The molecule has 0 spiro atoms. The Morgan fingerprint density at radius 3 is 2.67 bits per heavy atom. The molecule has 0 aromatic heterocycles. The highest BCUT2D eigenvalue weighted by molar-refractivity contribution is 5.81. The minimum Gasteiger partial charge on any atom is -0.338 e. The molecule has 3 nitrogen and oxygen atoms in total. The van der Waals surface area contributed by atoms with Gasteiger partial charge in [0, 0.05) is 12.6 Å². The van der Waals surface area contributed by atoms with Crippen LogP contribution in [0.25, 0.3) is 0 Å². The Kier molecular flexibility index (Phi) is 4.58. The Labute approximate surface area is 93.0 Å². The molecule has 1 fully saturated rings. The molecule has 1 heterocycles. The van der Waals surface area contributed by atoms with E-state index >= 15 is 0 Å². The van der Waals surface area contributed by atoms with Crippen molar-refractivity contribution in [3.8, 4) is 0 Å². The summed E-state index contributed by atoms with van der Waals surface area (Å²) in [5, 5.41) is 0. The summed E-state index contributed by atoms with van der Waals surface area (Å²) in [5.74, 6) is 0.716. The zero-order valence-corrected chi connectivity index (χ0v) is 10.2. The topological polar surface area (TPSA) is 46.3 Å². The maximum absolute atomic E-state index is 11.9. The van der Waals surface area contributed by atoms with E-state index in [0.29, 0.717) is 12.0 Å². The Morgan fingerprint density at radius 1 is 1.47 bits per heavy atom. The monoisotopic (exact) mass is 212 g/mol. The van der Waals surface area contributed by atoms with E-state index in [1.54, 1.807) is 6.92 Å². The molecule has 0 saturated carbocycles. The lowest BCUT2D eigenvalue weighted by molar-refractivity contribution is -0.137. The van der Waals surface area contributed by atoms with Crippen LogP contribution < -0.4 is 5.73 Å². The van der Waals surface area contributed by atoms with Crippen molar-refractivity contribution in [1.29, 1.82) is 0 Å². The van der Waals surface area contributed by atoms with Crippen molar-refractivity contribution in [1.82, 2.24) is 4.90 Å². The second kappa shape index (κ2) is 5.50. The Hall–Kier alpha value is -0.570. The second-order valence-electron chi connectivity index (χ2n) is 4.77. The van der Waals surface area contributed by atoms with Crippen LogP contribution in [0.3, 0.4) is 0 Å². The van der Waals surface area contributed by atoms with Crippen molar-refractivity contribution in [2.75, 3.05) is 6.54 Å². The molecule has 3 atom stereocenters. The molecule has 1 amide bonds. The SMILES string of the molecule is CCC(C)C1CCCCN1C(=O)[C@H](C)N. The molecular weight excluding hydrogens is 188 g/mol. The van der Waals surface area contributed by atoms with Crippen LogP contribution in [0.2, 0.25) is 0 Å². The van der Waals surface area contributed by atoms with Crippen molar-refractivity contribution < 1.29 is 4.79 Å². The van der Waals surface area contributed by atoms with Crippen LogP contribution in [0.4, 0.5) is 0 Å². The van der Waals surface area contributed by atoms with Gasteiger partial charge in [-0.05, 0) is 32.1 Å². The number of likely N-dealkylation sites (tertiary alicyclic amines) is 1. The van der Waals surface area contributed by atoms with E-state index in [9.17, 15) is 4.79 Å². The first-order valence-electron chi connectivity index (χ1n) is 6.14. The van der Waals surface area contributed by atoms with E-state index in [-0.39, 0.29) is 11.9 Å². The highest BCUT2D eigenvalue weighted by Crippen LogP contribution is 2.25. The van der Waals surface area contributed by atoms with Gasteiger partial charge in [-0.1, -0.05) is 20.3 Å². The largest absolute Gasteiger partial charge is 0.338 e. The average Bonchev–Trinajstić information content (AvgIpc) is 2.27. The summed E-state index contributed by atoms with van der Waals surface area (Å²) in [7, 11) is 0. The van der Waals surface area contributed by atoms with Gasteiger partial charge in [0.05, 0.1) is 6.04 Å². The number of hydrogen-bond donors (Lipinski definition) is 1. The molecule has 3 heteroatoms. The Bertz CT molecular complexity index is 216. The highest BCUT2D eigenvalue weighted by atomic mass is 16.2. The molecule has 1 aliphatic rings. The summed E-state index contributed by atoms with van der Waals surface area (Å²) in [5.41, 5.74) is 5.68. The molecule has 0 aromatic rings. The van der Waals surface area contributed by atoms with Gasteiger partial charge < -0.3 is 10.6 Å². The first-order valence-corrected chi connectivity index (χ1v) is 6.14. The van der Waals surface area contributed by atoms with Gasteiger partial charge in [0.25, 0.3) is 0 Å². The van der Waals surface area contributed by atoms with Gasteiger partial charge in [-0.15, -0.1) is 0 Å².